The van der Waals surface area contributed by atoms with Crippen molar-refractivity contribution in [3.63, 3.8) is 0 Å². The van der Waals surface area contributed by atoms with Gasteiger partial charge in [-0.25, -0.2) is 0 Å². The SMILES string of the molecule is Cc1ccc(C)c(NC(=O)CCc2ccc3c(c2)OCO3)c1. The fourth-order valence-electron chi connectivity index (χ4n) is 2.44. The maximum absolute atomic E-state index is 12.1. The fourth-order valence-corrected chi connectivity index (χ4v) is 2.44. The lowest BCUT2D eigenvalue weighted by Crippen LogP contribution is -2.13. The zero-order valence-electron chi connectivity index (χ0n) is 12.8. The monoisotopic (exact) mass is 297 g/mol. The molecule has 3 rings (SSSR count). The maximum atomic E-state index is 12.1. The second-order valence-electron chi connectivity index (χ2n) is 5.55. The summed E-state index contributed by atoms with van der Waals surface area (Å²) >= 11 is 0. The first kappa shape index (κ1) is 14.4. The van der Waals surface area contributed by atoms with Gasteiger partial charge in [-0.2, -0.15) is 0 Å². The van der Waals surface area contributed by atoms with Gasteiger partial charge >= 0.3 is 0 Å². The van der Waals surface area contributed by atoms with Crippen LogP contribution < -0.4 is 14.8 Å². The number of hydrogen-bond donors (Lipinski definition) is 1. The predicted molar refractivity (Wildman–Crippen MR) is 85.4 cm³/mol. The van der Waals surface area contributed by atoms with E-state index < -0.39 is 0 Å². The van der Waals surface area contributed by atoms with Crippen LogP contribution in [0, 0.1) is 13.8 Å². The molecule has 2 aromatic carbocycles. The van der Waals surface area contributed by atoms with Gasteiger partial charge in [0, 0.05) is 12.1 Å². The maximum Gasteiger partial charge on any atom is 0.231 e. The summed E-state index contributed by atoms with van der Waals surface area (Å²) in [5.41, 5.74) is 4.16. The minimum Gasteiger partial charge on any atom is -0.454 e. The molecular formula is C18H19NO3. The third kappa shape index (κ3) is 3.22. The molecule has 0 radical (unpaired) electrons. The van der Waals surface area contributed by atoms with Crippen LogP contribution in [0.3, 0.4) is 0 Å². The van der Waals surface area contributed by atoms with Crippen molar-refractivity contribution in [3.8, 4) is 11.5 Å². The largest absolute Gasteiger partial charge is 0.454 e. The van der Waals surface area contributed by atoms with Crippen molar-refractivity contribution in [1.82, 2.24) is 0 Å². The summed E-state index contributed by atoms with van der Waals surface area (Å²) < 4.78 is 10.6. The molecule has 1 aliphatic heterocycles. The van der Waals surface area contributed by atoms with Crippen molar-refractivity contribution in [1.29, 1.82) is 0 Å². The number of carbonyl (C=O) groups excluding carboxylic acids is 1. The number of ether oxygens (including phenoxy) is 2. The van der Waals surface area contributed by atoms with Crippen LogP contribution in [0.2, 0.25) is 0 Å². The van der Waals surface area contributed by atoms with E-state index in [1.54, 1.807) is 0 Å². The summed E-state index contributed by atoms with van der Waals surface area (Å²) in [6.45, 7) is 4.28. The number of rotatable bonds is 4. The second-order valence-corrected chi connectivity index (χ2v) is 5.55. The van der Waals surface area contributed by atoms with Gasteiger partial charge in [-0.15, -0.1) is 0 Å². The number of hydrogen-bond acceptors (Lipinski definition) is 3. The number of nitrogens with one attached hydrogen (secondary N) is 1. The highest BCUT2D eigenvalue weighted by Gasteiger charge is 2.13. The number of carbonyl (C=O) groups is 1. The van der Waals surface area contributed by atoms with Crippen LogP contribution in [-0.4, -0.2) is 12.7 Å². The van der Waals surface area contributed by atoms with E-state index in [9.17, 15) is 4.79 Å². The highest BCUT2D eigenvalue weighted by atomic mass is 16.7. The quantitative estimate of drug-likeness (QED) is 0.938. The lowest BCUT2D eigenvalue weighted by molar-refractivity contribution is -0.116. The first-order valence-corrected chi connectivity index (χ1v) is 7.37. The van der Waals surface area contributed by atoms with E-state index in [2.05, 4.69) is 5.32 Å². The second kappa shape index (κ2) is 6.10. The van der Waals surface area contributed by atoms with Crippen LogP contribution >= 0.6 is 0 Å². The average molecular weight is 297 g/mol. The van der Waals surface area contributed by atoms with Crippen LogP contribution in [-0.2, 0) is 11.2 Å². The summed E-state index contributed by atoms with van der Waals surface area (Å²) in [5.74, 6) is 1.54. The molecule has 22 heavy (non-hydrogen) atoms. The van der Waals surface area contributed by atoms with Crippen molar-refractivity contribution in [2.75, 3.05) is 12.1 Å². The molecule has 0 bridgehead atoms. The van der Waals surface area contributed by atoms with Gasteiger partial charge in [-0.1, -0.05) is 18.2 Å². The van der Waals surface area contributed by atoms with Crippen LogP contribution in [0.25, 0.3) is 0 Å². The van der Waals surface area contributed by atoms with E-state index in [-0.39, 0.29) is 12.7 Å². The zero-order chi connectivity index (χ0) is 15.5. The molecular weight excluding hydrogens is 278 g/mol. The van der Waals surface area contributed by atoms with Gasteiger partial charge < -0.3 is 14.8 Å². The molecule has 4 heteroatoms. The summed E-state index contributed by atoms with van der Waals surface area (Å²) in [6.07, 6.45) is 1.11. The Morgan fingerprint density at radius 1 is 1.09 bits per heavy atom. The van der Waals surface area contributed by atoms with Gasteiger partial charge in [0.25, 0.3) is 0 Å². The molecule has 0 spiro atoms. The molecule has 1 amide bonds. The molecule has 0 unspecified atom stereocenters. The van der Waals surface area contributed by atoms with E-state index in [1.165, 1.54) is 0 Å². The Morgan fingerprint density at radius 2 is 1.91 bits per heavy atom. The van der Waals surface area contributed by atoms with Crippen LogP contribution in [0.15, 0.2) is 36.4 Å². The van der Waals surface area contributed by atoms with E-state index >= 15 is 0 Å². The van der Waals surface area contributed by atoms with Crippen molar-refractivity contribution < 1.29 is 14.3 Å². The van der Waals surface area contributed by atoms with Gasteiger partial charge in [-0.05, 0) is 55.2 Å². The molecule has 0 saturated heterocycles. The Kier molecular flexibility index (Phi) is 4.00. The topological polar surface area (TPSA) is 47.6 Å². The lowest BCUT2D eigenvalue weighted by atomic mass is 10.1. The molecule has 1 heterocycles. The Labute approximate surface area is 130 Å². The minimum atomic E-state index is 0.0198. The molecule has 0 aromatic heterocycles. The summed E-state index contributed by atoms with van der Waals surface area (Å²) in [4.78, 5) is 12.1. The smallest absolute Gasteiger partial charge is 0.231 e. The Hall–Kier alpha value is -2.49. The van der Waals surface area contributed by atoms with Crippen molar-refractivity contribution in [2.24, 2.45) is 0 Å². The zero-order valence-corrected chi connectivity index (χ0v) is 12.8. The van der Waals surface area contributed by atoms with Crippen molar-refractivity contribution in [3.05, 3.63) is 53.1 Å². The number of fused-ring (bicyclic) bond motifs is 1. The molecule has 1 aliphatic rings. The molecule has 114 valence electrons. The number of anilines is 1. The molecule has 2 aromatic rings. The Morgan fingerprint density at radius 3 is 2.77 bits per heavy atom. The Balaban J connectivity index is 1.59. The minimum absolute atomic E-state index is 0.0198. The van der Waals surface area contributed by atoms with Crippen LogP contribution in [0.1, 0.15) is 23.1 Å². The fraction of sp³-hybridized carbons (Fsp3) is 0.278. The molecule has 1 N–H and O–H groups in total. The normalized spacial score (nSPS) is 12.3. The number of aryl methyl sites for hydroxylation is 3. The number of amides is 1. The summed E-state index contributed by atoms with van der Waals surface area (Å²) in [7, 11) is 0. The van der Waals surface area contributed by atoms with Gasteiger partial charge in [0.05, 0.1) is 0 Å². The van der Waals surface area contributed by atoms with Crippen molar-refractivity contribution in [2.45, 2.75) is 26.7 Å². The highest BCUT2D eigenvalue weighted by Crippen LogP contribution is 2.32. The van der Waals surface area contributed by atoms with E-state index in [1.807, 2.05) is 50.2 Å². The predicted octanol–water partition coefficient (Wildman–Crippen LogP) is 3.60. The van der Waals surface area contributed by atoms with E-state index in [0.717, 1.165) is 33.9 Å². The third-order valence-electron chi connectivity index (χ3n) is 3.74. The Bertz CT molecular complexity index is 709. The van der Waals surface area contributed by atoms with Gasteiger partial charge in [0.2, 0.25) is 12.7 Å². The average Bonchev–Trinajstić information content (AvgIpc) is 2.96. The van der Waals surface area contributed by atoms with Crippen LogP contribution in [0.5, 0.6) is 11.5 Å². The van der Waals surface area contributed by atoms with Gasteiger partial charge in [0.1, 0.15) is 0 Å². The summed E-state index contributed by atoms with van der Waals surface area (Å²) in [5, 5.41) is 2.98. The molecule has 0 fully saturated rings. The van der Waals surface area contributed by atoms with Gasteiger partial charge in [0.15, 0.2) is 11.5 Å². The molecule has 0 atom stereocenters. The standard InChI is InChI=1S/C18H19NO3/c1-12-3-4-13(2)15(9-12)19-18(20)8-6-14-5-7-16-17(10-14)22-11-21-16/h3-5,7,9-10H,6,8,11H2,1-2H3,(H,19,20). The molecule has 4 nitrogen and oxygen atoms in total. The van der Waals surface area contributed by atoms with Crippen LogP contribution in [0.4, 0.5) is 5.69 Å². The van der Waals surface area contributed by atoms with E-state index in [0.29, 0.717) is 12.8 Å². The molecule has 0 aliphatic carbocycles. The number of benzene rings is 2. The van der Waals surface area contributed by atoms with Crippen molar-refractivity contribution >= 4 is 11.6 Å². The lowest BCUT2D eigenvalue weighted by Gasteiger charge is -2.09. The van der Waals surface area contributed by atoms with Gasteiger partial charge in [-0.3, -0.25) is 4.79 Å². The molecule has 0 saturated carbocycles. The first-order valence-electron chi connectivity index (χ1n) is 7.37. The third-order valence-corrected chi connectivity index (χ3v) is 3.74. The highest BCUT2D eigenvalue weighted by molar-refractivity contribution is 5.91. The van der Waals surface area contributed by atoms with E-state index in [4.69, 9.17) is 9.47 Å². The summed E-state index contributed by atoms with van der Waals surface area (Å²) in [6, 6.07) is 11.8. The first-order chi connectivity index (χ1) is 10.6.